The molecule has 0 spiro atoms. The van der Waals surface area contributed by atoms with E-state index in [1.54, 1.807) is 25.1 Å². The van der Waals surface area contributed by atoms with Gasteiger partial charge in [0.25, 0.3) is 0 Å². The van der Waals surface area contributed by atoms with Crippen LogP contribution in [0.15, 0.2) is 66.9 Å². The Morgan fingerprint density at radius 2 is 1.97 bits per heavy atom. The molecule has 1 fully saturated rings. The van der Waals surface area contributed by atoms with Crippen LogP contribution in [0.1, 0.15) is 35.6 Å². The molecular formula is C27H32N6O3. The first-order chi connectivity index (χ1) is 17.4. The summed E-state index contributed by atoms with van der Waals surface area (Å²) in [6.45, 7) is 0. The minimum absolute atomic E-state index is 0.0985. The highest BCUT2D eigenvalue weighted by Crippen LogP contribution is 2.45. The number of hydrogen-bond donors (Lipinski definition) is 3. The second-order valence-corrected chi connectivity index (χ2v) is 9.39. The zero-order chi connectivity index (χ0) is 25.3. The van der Waals surface area contributed by atoms with Gasteiger partial charge in [-0.2, -0.15) is 5.10 Å². The van der Waals surface area contributed by atoms with Crippen molar-refractivity contribution in [3.63, 3.8) is 0 Å². The summed E-state index contributed by atoms with van der Waals surface area (Å²) in [5.41, 5.74) is 16.6. The number of methoxy groups -OCH3 is 2. The number of hydrogen-bond acceptors (Lipinski definition) is 8. The second-order valence-electron chi connectivity index (χ2n) is 9.39. The summed E-state index contributed by atoms with van der Waals surface area (Å²) in [6, 6.07) is 9.75. The predicted octanol–water partition coefficient (Wildman–Crippen LogP) is 3.05. The van der Waals surface area contributed by atoms with E-state index in [0.29, 0.717) is 35.4 Å². The van der Waals surface area contributed by atoms with Crippen molar-refractivity contribution >= 4 is 5.57 Å². The van der Waals surface area contributed by atoms with Crippen LogP contribution in [-0.4, -0.2) is 34.6 Å². The SMILES string of the molecule is COc1ccc(C(Oc2ccc(CC3(N)NC=C(c4cnn(C)c4)C=C3N)cc2OC)C2CC2)cn1. The van der Waals surface area contributed by atoms with Gasteiger partial charge in [-0.25, -0.2) is 4.98 Å². The molecule has 2 aliphatic rings. The molecule has 5 N–H and O–H groups in total. The fourth-order valence-electron chi connectivity index (χ4n) is 4.41. The number of rotatable bonds is 9. The van der Waals surface area contributed by atoms with Crippen molar-refractivity contribution in [3.05, 3.63) is 83.6 Å². The van der Waals surface area contributed by atoms with Crippen molar-refractivity contribution in [2.75, 3.05) is 14.2 Å². The average molecular weight is 489 g/mol. The van der Waals surface area contributed by atoms with Gasteiger partial charge < -0.3 is 31.0 Å². The molecule has 2 unspecified atom stereocenters. The molecule has 0 saturated heterocycles. The number of aromatic nitrogens is 3. The first-order valence-electron chi connectivity index (χ1n) is 12.0. The Labute approximate surface area is 210 Å². The van der Waals surface area contributed by atoms with Crippen LogP contribution >= 0.6 is 0 Å². The number of dihydropyridines is 1. The van der Waals surface area contributed by atoms with Gasteiger partial charge in [-0.3, -0.25) is 4.68 Å². The normalized spacial score (nSPS) is 20.1. The van der Waals surface area contributed by atoms with E-state index < -0.39 is 5.66 Å². The Balaban J connectivity index is 1.33. The second kappa shape index (κ2) is 9.58. The molecule has 9 heteroatoms. The van der Waals surface area contributed by atoms with E-state index in [2.05, 4.69) is 15.4 Å². The fraction of sp³-hybridized carbons (Fsp3) is 0.333. The molecule has 0 amide bonds. The van der Waals surface area contributed by atoms with E-state index >= 15 is 0 Å². The Morgan fingerprint density at radius 1 is 1.14 bits per heavy atom. The maximum absolute atomic E-state index is 6.68. The zero-order valence-corrected chi connectivity index (χ0v) is 20.8. The average Bonchev–Trinajstić information content (AvgIpc) is 3.64. The maximum Gasteiger partial charge on any atom is 0.212 e. The number of ether oxygens (including phenoxy) is 3. The van der Waals surface area contributed by atoms with E-state index in [1.165, 1.54) is 0 Å². The summed E-state index contributed by atoms with van der Waals surface area (Å²) in [5.74, 6) is 2.36. The molecule has 0 bridgehead atoms. The Hall–Kier alpha value is -3.98. The van der Waals surface area contributed by atoms with Crippen LogP contribution in [0, 0.1) is 5.92 Å². The Kier molecular flexibility index (Phi) is 6.32. The number of allylic oxidation sites excluding steroid dienone is 2. The first-order valence-corrected chi connectivity index (χ1v) is 12.0. The van der Waals surface area contributed by atoms with Crippen LogP contribution in [-0.2, 0) is 13.5 Å². The van der Waals surface area contributed by atoms with Crippen LogP contribution in [0.25, 0.3) is 5.57 Å². The lowest BCUT2D eigenvalue weighted by Gasteiger charge is -2.34. The van der Waals surface area contributed by atoms with Crippen molar-refractivity contribution in [1.82, 2.24) is 20.1 Å². The molecule has 3 aromatic rings. The first kappa shape index (κ1) is 23.7. The number of nitrogens with two attached hydrogens (primary N) is 2. The van der Waals surface area contributed by atoms with Crippen LogP contribution in [0.4, 0.5) is 0 Å². The Morgan fingerprint density at radius 3 is 2.58 bits per heavy atom. The number of benzene rings is 1. The fourth-order valence-corrected chi connectivity index (χ4v) is 4.41. The van der Waals surface area contributed by atoms with Crippen LogP contribution in [0.5, 0.6) is 17.4 Å². The van der Waals surface area contributed by atoms with E-state index in [-0.39, 0.29) is 6.10 Å². The minimum atomic E-state index is -0.926. The molecule has 1 aromatic carbocycles. The molecule has 1 aliphatic heterocycles. The minimum Gasteiger partial charge on any atom is -0.493 e. The predicted molar refractivity (Wildman–Crippen MR) is 137 cm³/mol. The van der Waals surface area contributed by atoms with Gasteiger partial charge in [0.2, 0.25) is 5.88 Å². The smallest absolute Gasteiger partial charge is 0.212 e. The van der Waals surface area contributed by atoms with Gasteiger partial charge >= 0.3 is 0 Å². The van der Waals surface area contributed by atoms with Gasteiger partial charge in [-0.1, -0.05) is 6.07 Å². The van der Waals surface area contributed by atoms with Crippen LogP contribution < -0.4 is 31.0 Å². The number of nitrogens with zero attached hydrogens (tertiary/aromatic N) is 3. The molecule has 36 heavy (non-hydrogen) atoms. The highest BCUT2D eigenvalue weighted by molar-refractivity contribution is 5.75. The third kappa shape index (κ3) is 4.87. The molecule has 1 aliphatic carbocycles. The lowest BCUT2D eigenvalue weighted by atomic mass is 9.92. The monoisotopic (exact) mass is 488 g/mol. The standard InChI is InChI=1S/C27H32N6O3/c1-33-16-21(15-32-33)20-11-24(28)27(29,31-14-20)12-17-4-8-22(23(10-17)34-2)36-26(18-5-6-18)19-7-9-25(35-3)30-13-19/h4,7-11,13-16,18,26,31H,5-6,12,28-29H2,1-3H3. The summed E-state index contributed by atoms with van der Waals surface area (Å²) in [4.78, 5) is 4.35. The van der Waals surface area contributed by atoms with Crippen molar-refractivity contribution < 1.29 is 14.2 Å². The molecule has 3 heterocycles. The summed E-state index contributed by atoms with van der Waals surface area (Å²) < 4.78 is 19.1. The van der Waals surface area contributed by atoms with Crippen molar-refractivity contribution in [1.29, 1.82) is 0 Å². The van der Waals surface area contributed by atoms with Crippen LogP contribution in [0.3, 0.4) is 0 Å². The summed E-state index contributed by atoms with van der Waals surface area (Å²) >= 11 is 0. The lowest BCUT2D eigenvalue weighted by Crippen LogP contribution is -2.58. The zero-order valence-electron chi connectivity index (χ0n) is 20.8. The highest BCUT2D eigenvalue weighted by atomic mass is 16.5. The molecule has 2 aromatic heterocycles. The molecule has 0 radical (unpaired) electrons. The third-order valence-corrected chi connectivity index (χ3v) is 6.66. The van der Waals surface area contributed by atoms with E-state index in [9.17, 15) is 0 Å². The number of aryl methyl sites for hydroxylation is 1. The van der Waals surface area contributed by atoms with E-state index in [4.69, 9.17) is 25.7 Å². The summed E-state index contributed by atoms with van der Waals surface area (Å²) in [7, 11) is 5.13. The van der Waals surface area contributed by atoms with Gasteiger partial charge in [0, 0.05) is 66.4 Å². The van der Waals surface area contributed by atoms with Crippen molar-refractivity contribution in [2.45, 2.75) is 31.0 Å². The van der Waals surface area contributed by atoms with Gasteiger partial charge in [0.1, 0.15) is 11.8 Å². The molecular weight excluding hydrogens is 456 g/mol. The third-order valence-electron chi connectivity index (χ3n) is 6.66. The lowest BCUT2D eigenvalue weighted by molar-refractivity contribution is 0.173. The molecule has 5 rings (SSSR count). The molecule has 188 valence electrons. The largest absolute Gasteiger partial charge is 0.493 e. The van der Waals surface area contributed by atoms with Gasteiger partial charge in [-0.15, -0.1) is 0 Å². The summed E-state index contributed by atoms with van der Waals surface area (Å²) in [6.07, 6.45) is 11.9. The molecule has 9 nitrogen and oxygen atoms in total. The highest BCUT2D eigenvalue weighted by Gasteiger charge is 2.35. The van der Waals surface area contributed by atoms with E-state index in [1.807, 2.05) is 62.0 Å². The van der Waals surface area contributed by atoms with Gasteiger partial charge in [0.05, 0.1) is 20.4 Å². The van der Waals surface area contributed by atoms with Crippen molar-refractivity contribution in [2.24, 2.45) is 24.4 Å². The molecule has 1 saturated carbocycles. The maximum atomic E-state index is 6.68. The quantitative estimate of drug-likeness (QED) is 0.420. The van der Waals surface area contributed by atoms with Gasteiger partial charge in [-0.05, 0) is 42.7 Å². The van der Waals surface area contributed by atoms with E-state index in [0.717, 1.165) is 35.1 Å². The molecule has 2 atom stereocenters. The number of pyridine rings is 1. The van der Waals surface area contributed by atoms with Gasteiger partial charge in [0.15, 0.2) is 11.5 Å². The number of nitrogens with one attached hydrogen (secondary N) is 1. The Bertz CT molecular complexity index is 1300. The summed E-state index contributed by atoms with van der Waals surface area (Å²) in [5, 5.41) is 7.51. The van der Waals surface area contributed by atoms with Crippen LogP contribution in [0.2, 0.25) is 0 Å². The topological polar surface area (TPSA) is 122 Å². The van der Waals surface area contributed by atoms with Crippen molar-refractivity contribution in [3.8, 4) is 17.4 Å².